The van der Waals surface area contributed by atoms with Gasteiger partial charge in [0.05, 0.1) is 10.5 Å². The van der Waals surface area contributed by atoms with Crippen LogP contribution in [0.15, 0.2) is 47.0 Å². The fraction of sp³-hybridized carbons (Fsp3) is 0.400. The van der Waals surface area contributed by atoms with Gasteiger partial charge in [0, 0.05) is 38.9 Å². The van der Waals surface area contributed by atoms with Crippen molar-refractivity contribution < 1.29 is 14.1 Å². The van der Waals surface area contributed by atoms with Crippen LogP contribution in [0, 0.1) is 23.0 Å². The Morgan fingerprint density at radius 3 is 2.66 bits per heavy atom. The molecule has 1 saturated carbocycles. The molecule has 35 heavy (non-hydrogen) atoms. The lowest BCUT2D eigenvalue weighted by atomic mass is 9.86. The minimum atomic E-state index is -0.444. The molecule has 0 unspecified atom stereocenters. The first kappa shape index (κ1) is 24.2. The first-order valence-electron chi connectivity index (χ1n) is 11.7. The van der Waals surface area contributed by atoms with Crippen LogP contribution in [-0.4, -0.2) is 47.5 Å². The lowest BCUT2D eigenvalue weighted by molar-refractivity contribution is -0.384. The summed E-state index contributed by atoms with van der Waals surface area (Å²) in [4.78, 5) is 34.4. The van der Waals surface area contributed by atoms with Gasteiger partial charge in [0.2, 0.25) is 5.95 Å². The second-order valence-corrected chi connectivity index (χ2v) is 9.15. The molecule has 0 radical (unpaired) electrons. The van der Waals surface area contributed by atoms with Crippen LogP contribution < -0.4 is 15.5 Å². The van der Waals surface area contributed by atoms with Crippen molar-refractivity contribution >= 4 is 23.4 Å². The van der Waals surface area contributed by atoms with E-state index in [1.54, 1.807) is 37.4 Å². The van der Waals surface area contributed by atoms with Crippen LogP contribution in [0.5, 0.6) is 0 Å². The van der Waals surface area contributed by atoms with Gasteiger partial charge in [-0.25, -0.2) is 4.98 Å². The van der Waals surface area contributed by atoms with E-state index in [4.69, 9.17) is 4.42 Å². The average molecular weight is 479 g/mol. The number of hydrogen-bond acceptors (Lipinski definition) is 8. The molecule has 0 aliphatic heterocycles. The second kappa shape index (κ2) is 10.5. The number of hydrogen-bond donors (Lipinski definition) is 2. The largest absolute Gasteiger partial charge is 0.451 e. The van der Waals surface area contributed by atoms with E-state index in [1.807, 2.05) is 25.1 Å². The Labute approximate surface area is 203 Å². The van der Waals surface area contributed by atoms with Crippen LogP contribution >= 0.6 is 0 Å². The summed E-state index contributed by atoms with van der Waals surface area (Å²) in [5, 5.41) is 17.8. The zero-order valence-electron chi connectivity index (χ0n) is 20.2. The SMILES string of the molecule is Cc1ccc(-c2ccc(C(=O)NCC3CCC(Nc4nccc(N(C)C)n4)CC3)o2)c([N+](=O)[O-])c1. The Morgan fingerprint density at radius 2 is 1.94 bits per heavy atom. The third-order valence-electron chi connectivity index (χ3n) is 6.28. The number of aromatic nitrogens is 2. The van der Waals surface area contributed by atoms with Gasteiger partial charge >= 0.3 is 0 Å². The number of nitrogens with zero attached hydrogens (tertiary/aromatic N) is 4. The van der Waals surface area contributed by atoms with Crippen LogP contribution in [-0.2, 0) is 0 Å². The van der Waals surface area contributed by atoms with Gasteiger partial charge in [0.15, 0.2) is 5.76 Å². The lowest BCUT2D eigenvalue weighted by Gasteiger charge is -2.29. The summed E-state index contributed by atoms with van der Waals surface area (Å²) in [5.74, 6) is 1.99. The van der Waals surface area contributed by atoms with Gasteiger partial charge in [-0.1, -0.05) is 6.07 Å². The average Bonchev–Trinajstić information content (AvgIpc) is 3.34. The number of nitro benzene ring substituents is 1. The maximum atomic E-state index is 12.6. The molecule has 1 amide bonds. The molecule has 10 heteroatoms. The van der Waals surface area contributed by atoms with E-state index in [1.165, 1.54) is 6.07 Å². The number of aryl methyl sites for hydroxylation is 1. The molecule has 0 saturated heterocycles. The number of anilines is 2. The molecule has 1 aliphatic carbocycles. The van der Waals surface area contributed by atoms with Crippen LogP contribution in [0.2, 0.25) is 0 Å². The predicted octanol–water partition coefficient (Wildman–Crippen LogP) is 4.42. The number of nitrogens with one attached hydrogen (secondary N) is 2. The number of benzene rings is 1. The number of nitro groups is 1. The predicted molar refractivity (Wildman–Crippen MR) is 134 cm³/mol. The highest BCUT2D eigenvalue weighted by atomic mass is 16.6. The van der Waals surface area contributed by atoms with Gasteiger partial charge in [-0.15, -0.1) is 0 Å². The van der Waals surface area contributed by atoms with Crippen molar-refractivity contribution in [3.8, 4) is 11.3 Å². The molecule has 184 valence electrons. The van der Waals surface area contributed by atoms with Crippen molar-refractivity contribution in [3.63, 3.8) is 0 Å². The van der Waals surface area contributed by atoms with Gasteiger partial charge < -0.3 is 20.0 Å². The third kappa shape index (κ3) is 5.95. The molecule has 3 aromatic rings. The number of carbonyl (C=O) groups excluding carboxylic acids is 1. The van der Waals surface area contributed by atoms with Crippen molar-refractivity contribution in [2.24, 2.45) is 5.92 Å². The van der Waals surface area contributed by atoms with Crippen molar-refractivity contribution in [2.75, 3.05) is 30.9 Å². The lowest BCUT2D eigenvalue weighted by Crippen LogP contribution is -2.34. The molecule has 0 bridgehead atoms. The van der Waals surface area contributed by atoms with E-state index in [-0.39, 0.29) is 17.4 Å². The highest BCUT2D eigenvalue weighted by molar-refractivity contribution is 5.92. The molecule has 10 nitrogen and oxygen atoms in total. The molecular weight excluding hydrogens is 448 g/mol. The fourth-order valence-corrected chi connectivity index (χ4v) is 4.29. The van der Waals surface area contributed by atoms with E-state index < -0.39 is 4.92 Å². The Balaban J connectivity index is 1.28. The molecule has 4 rings (SSSR count). The zero-order valence-corrected chi connectivity index (χ0v) is 20.2. The maximum Gasteiger partial charge on any atom is 0.287 e. The first-order chi connectivity index (χ1) is 16.8. The van der Waals surface area contributed by atoms with Crippen LogP contribution in [0.1, 0.15) is 41.8 Å². The van der Waals surface area contributed by atoms with E-state index in [0.717, 1.165) is 37.1 Å². The van der Waals surface area contributed by atoms with E-state index >= 15 is 0 Å². The van der Waals surface area contributed by atoms with Crippen molar-refractivity contribution in [2.45, 2.75) is 38.6 Å². The minimum absolute atomic E-state index is 0.0458. The molecule has 2 N–H and O–H groups in total. The van der Waals surface area contributed by atoms with Gasteiger partial charge in [0.25, 0.3) is 11.6 Å². The number of furan rings is 1. The van der Waals surface area contributed by atoms with Gasteiger partial charge in [-0.2, -0.15) is 4.98 Å². The molecule has 0 spiro atoms. The zero-order chi connectivity index (χ0) is 24.9. The summed E-state index contributed by atoms with van der Waals surface area (Å²) < 4.78 is 5.67. The molecule has 1 aliphatic rings. The Kier molecular flexibility index (Phi) is 7.28. The summed E-state index contributed by atoms with van der Waals surface area (Å²) in [6, 6.07) is 10.2. The standard InChI is InChI=1S/C25H30N6O4/c1-16-4-9-19(20(14-16)31(33)34)21-10-11-22(35-21)24(32)27-15-17-5-7-18(8-6-17)28-25-26-13-12-23(29-25)30(2)3/h4,9-14,17-18H,5-8,15H2,1-3H3,(H,27,32)(H,26,28,29). The third-order valence-corrected chi connectivity index (χ3v) is 6.28. The van der Waals surface area contributed by atoms with Crippen molar-refractivity contribution in [1.29, 1.82) is 0 Å². The van der Waals surface area contributed by atoms with E-state index in [2.05, 4.69) is 20.6 Å². The monoisotopic (exact) mass is 478 g/mol. The molecular formula is C25H30N6O4. The number of rotatable bonds is 8. The molecule has 2 aromatic heterocycles. The Bertz CT molecular complexity index is 1200. The summed E-state index contributed by atoms with van der Waals surface area (Å²) in [5.41, 5.74) is 1.09. The summed E-state index contributed by atoms with van der Waals surface area (Å²) >= 11 is 0. The topological polar surface area (TPSA) is 126 Å². The molecule has 1 aromatic carbocycles. The van der Waals surface area contributed by atoms with Gasteiger partial charge in [-0.3, -0.25) is 14.9 Å². The highest BCUT2D eigenvalue weighted by Crippen LogP contribution is 2.32. The van der Waals surface area contributed by atoms with Crippen LogP contribution in [0.25, 0.3) is 11.3 Å². The molecule has 0 atom stereocenters. The molecule has 2 heterocycles. The Hall–Kier alpha value is -3.95. The number of carbonyl (C=O) groups is 1. The summed E-state index contributed by atoms with van der Waals surface area (Å²) in [7, 11) is 3.89. The smallest absolute Gasteiger partial charge is 0.287 e. The van der Waals surface area contributed by atoms with E-state index in [0.29, 0.717) is 35.8 Å². The van der Waals surface area contributed by atoms with Crippen molar-refractivity contribution in [1.82, 2.24) is 15.3 Å². The van der Waals surface area contributed by atoms with Crippen molar-refractivity contribution in [3.05, 3.63) is 64.0 Å². The summed E-state index contributed by atoms with van der Waals surface area (Å²) in [6.45, 7) is 2.34. The van der Waals surface area contributed by atoms with Gasteiger partial charge in [0.1, 0.15) is 11.6 Å². The quantitative estimate of drug-likeness (QED) is 0.360. The van der Waals surface area contributed by atoms with Crippen LogP contribution in [0.4, 0.5) is 17.5 Å². The highest BCUT2D eigenvalue weighted by Gasteiger charge is 2.24. The summed E-state index contributed by atoms with van der Waals surface area (Å²) in [6.07, 6.45) is 5.65. The van der Waals surface area contributed by atoms with E-state index in [9.17, 15) is 14.9 Å². The second-order valence-electron chi connectivity index (χ2n) is 9.15. The Morgan fingerprint density at radius 1 is 1.17 bits per heavy atom. The molecule has 1 fully saturated rings. The van der Waals surface area contributed by atoms with Crippen LogP contribution in [0.3, 0.4) is 0 Å². The normalized spacial score (nSPS) is 17.6. The van der Waals surface area contributed by atoms with Gasteiger partial charge in [-0.05, 0) is 68.4 Å². The fourth-order valence-electron chi connectivity index (χ4n) is 4.29. The maximum absolute atomic E-state index is 12.6. The first-order valence-corrected chi connectivity index (χ1v) is 11.7. The number of amides is 1. The minimum Gasteiger partial charge on any atom is -0.451 e.